The predicted octanol–water partition coefficient (Wildman–Crippen LogP) is 0.481. The second-order valence-electron chi connectivity index (χ2n) is 3.07. The molecule has 1 rings (SSSR count). The Balaban J connectivity index is 3.12. The van der Waals surface area contributed by atoms with Gasteiger partial charge in [0.15, 0.2) is 14.9 Å². The molecule has 0 unspecified atom stereocenters. The molecule has 0 saturated carbocycles. The summed E-state index contributed by atoms with van der Waals surface area (Å²) < 4.78 is 49.7. The van der Waals surface area contributed by atoms with Crippen molar-refractivity contribution in [3.63, 3.8) is 0 Å². The fourth-order valence-electron chi connectivity index (χ4n) is 0.959. The lowest BCUT2D eigenvalue weighted by atomic mass is 10.7. The number of sulfone groups is 1. The summed E-state index contributed by atoms with van der Waals surface area (Å²) in [6.07, 6.45) is 1.05. The Kier molecular flexibility index (Phi) is 4.76. The van der Waals surface area contributed by atoms with Gasteiger partial charge in [0.05, 0.1) is 29.8 Å². The van der Waals surface area contributed by atoms with Crippen LogP contribution < -0.4 is 4.74 Å². The molecule has 1 heterocycles. The highest BCUT2D eigenvalue weighted by molar-refractivity contribution is 8.14. The number of methoxy groups -OCH3 is 1. The molecule has 0 aliphatic heterocycles. The summed E-state index contributed by atoms with van der Waals surface area (Å²) in [7, 11) is -1.71. The lowest BCUT2D eigenvalue weighted by Gasteiger charge is -2.05. The minimum Gasteiger partial charge on any atom is -0.467 e. The quantitative estimate of drug-likeness (QED) is 0.569. The van der Waals surface area contributed by atoms with Gasteiger partial charge in [0.1, 0.15) is 0 Å². The Morgan fingerprint density at radius 1 is 1.28 bits per heavy atom. The average molecular weight is 335 g/mol. The number of aromatic nitrogens is 2. The van der Waals surface area contributed by atoms with Gasteiger partial charge in [-0.1, -0.05) is 11.6 Å². The first kappa shape index (κ1) is 15.4. The molecule has 0 aliphatic carbocycles. The molecule has 18 heavy (non-hydrogen) atoms. The lowest BCUT2D eigenvalue weighted by molar-refractivity contribution is 0.375. The lowest BCUT2D eigenvalue weighted by Crippen LogP contribution is -2.16. The van der Waals surface area contributed by atoms with Crippen LogP contribution in [0.25, 0.3) is 0 Å². The molecule has 0 atom stereocenters. The van der Waals surface area contributed by atoms with Crippen molar-refractivity contribution < 1.29 is 21.6 Å². The first-order valence-electron chi connectivity index (χ1n) is 4.37. The summed E-state index contributed by atoms with van der Waals surface area (Å²) in [5.41, 5.74) is 0. The fourth-order valence-corrected chi connectivity index (χ4v) is 4.40. The molecule has 0 bridgehead atoms. The molecule has 0 N–H and O–H groups in total. The number of hydrogen-bond donors (Lipinski definition) is 0. The van der Waals surface area contributed by atoms with Gasteiger partial charge in [0.2, 0.25) is 9.05 Å². The Hall–Kier alpha value is -0.640. The van der Waals surface area contributed by atoms with Crippen molar-refractivity contribution in [2.45, 2.75) is 5.03 Å². The molecule has 0 spiro atoms. The van der Waals surface area contributed by atoms with E-state index in [1.165, 1.54) is 7.11 Å². The topological polar surface area (TPSA) is 103 Å². The second-order valence-corrected chi connectivity index (χ2v) is 8.40. The zero-order chi connectivity index (χ0) is 14.0. The summed E-state index contributed by atoms with van der Waals surface area (Å²) in [6.45, 7) is 0. The van der Waals surface area contributed by atoms with Gasteiger partial charge in [-0.15, -0.1) is 0 Å². The first-order valence-corrected chi connectivity index (χ1v) is 8.88. The van der Waals surface area contributed by atoms with E-state index in [2.05, 4.69) is 14.7 Å². The van der Waals surface area contributed by atoms with Crippen LogP contribution in [0.3, 0.4) is 0 Å². The summed E-state index contributed by atoms with van der Waals surface area (Å²) >= 11 is 5.65. The zero-order valence-electron chi connectivity index (χ0n) is 9.00. The predicted molar refractivity (Wildman–Crippen MR) is 65.3 cm³/mol. The van der Waals surface area contributed by atoms with Crippen molar-refractivity contribution >= 4 is 41.2 Å². The van der Waals surface area contributed by atoms with Gasteiger partial charge in [-0.25, -0.2) is 21.8 Å². The van der Waals surface area contributed by atoms with Gasteiger partial charge in [-0.3, -0.25) is 0 Å². The maximum Gasteiger partial charge on any atom is 0.317 e. The molecule has 0 aliphatic rings. The minimum absolute atomic E-state index is 0.188. The summed E-state index contributed by atoms with van der Waals surface area (Å²) in [4.78, 5) is 7.18. The Bertz CT molecular complexity index is 644. The van der Waals surface area contributed by atoms with Gasteiger partial charge in [-0.2, -0.15) is 4.98 Å². The van der Waals surface area contributed by atoms with Crippen LogP contribution in [0.15, 0.2) is 11.2 Å². The van der Waals surface area contributed by atoms with Crippen molar-refractivity contribution in [3.05, 3.63) is 11.2 Å². The third kappa shape index (κ3) is 4.23. The highest BCUT2D eigenvalue weighted by Crippen LogP contribution is 2.21. The van der Waals surface area contributed by atoms with E-state index in [0.29, 0.717) is 0 Å². The fraction of sp³-hybridized carbons (Fsp3) is 0.429. The SMILES string of the molecule is COc1ncc(Cl)c(S(=O)(=O)CCS(=O)(=O)Cl)n1. The summed E-state index contributed by atoms with van der Waals surface area (Å²) in [5, 5.41) is -0.709. The van der Waals surface area contributed by atoms with Crippen LogP contribution in [-0.4, -0.2) is 45.4 Å². The molecule has 0 fully saturated rings. The molecule has 1 aromatic rings. The standard InChI is InChI=1S/C7H8Cl2N2O5S2/c1-16-7-10-4-5(8)6(11-7)17(12,13)2-3-18(9,14)15/h4H,2-3H2,1H3. The Labute approximate surface area is 113 Å². The van der Waals surface area contributed by atoms with E-state index in [-0.39, 0.29) is 11.0 Å². The molecule has 0 saturated heterocycles. The van der Waals surface area contributed by atoms with Crippen molar-refractivity contribution in [2.75, 3.05) is 18.6 Å². The van der Waals surface area contributed by atoms with Crippen LogP contribution in [0, 0.1) is 0 Å². The summed E-state index contributed by atoms with van der Waals surface area (Å²) in [6, 6.07) is -0.188. The third-order valence-electron chi connectivity index (χ3n) is 1.76. The zero-order valence-corrected chi connectivity index (χ0v) is 12.1. The maximum absolute atomic E-state index is 11.8. The van der Waals surface area contributed by atoms with Gasteiger partial charge in [0.25, 0.3) is 0 Å². The Morgan fingerprint density at radius 3 is 2.39 bits per heavy atom. The number of nitrogens with zero attached hydrogens (tertiary/aromatic N) is 2. The molecule has 102 valence electrons. The van der Waals surface area contributed by atoms with Gasteiger partial charge < -0.3 is 4.74 Å². The van der Waals surface area contributed by atoms with E-state index in [1.807, 2.05) is 0 Å². The van der Waals surface area contributed by atoms with Gasteiger partial charge >= 0.3 is 6.01 Å². The van der Waals surface area contributed by atoms with E-state index in [4.69, 9.17) is 22.3 Å². The van der Waals surface area contributed by atoms with Crippen molar-refractivity contribution in [1.82, 2.24) is 9.97 Å². The number of rotatable bonds is 5. The van der Waals surface area contributed by atoms with E-state index in [1.54, 1.807) is 0 Å². The van der Waals surface area contributed by atoms with E-state index in [9.17, 15) is 16.8 Å². The van der Waals surface area contributed by atoms with E-state index >= 15 is 0 Å². The van der Waals surface area contributed by atoms with Crippen LogP contribution in [-0.2, 0) is 18.9 Å². The second kappa shape index (κ2) is 5.55. The van der Waals surface area contributed by atoms with Crippen molar-refractivity contribution in [2.24, 2.45) is 0 Å². The third-order valence-corrected chi connectivity index (χ3v) is 5.21. The van der Waals surface area contributed by atoms with E-state index < -0.39 is 35.4 Å². The van der Waals surface area contributed by atoms with Gasteiger partial charge in [-0.05, 0) is 0 Å². The first-order chi connectivity index (χ1) is 8.15. The number of hydrogen-bond acceptors (Lipinski definition) is 7. The molecule has 0 amide bonds. The molecule has 0 radical (unpaired) electrons. The normalized spacial score (nSPS) is 12.4. The minimum atomic E-state index is -3.98. The van der Waals surface area contributed by atoms with Crippen LogP contribution >= 0.6 is 22.3 Å². The molecular formula is C7H8Cl2N2O5S2. The van der Waals surface area contributed by atoms with Crippen molar-refractivity contribution in [3.8, 4) is 6.01 Å². The van der Waals surface area contributed by atoms with Crippen LogP contribution in [0.2, 0.25) is 5.02 Å². The van der Waals surface area contributed by atoms with Crippen LogP contribution in [0.4, 0.5) is 0 Å². The number of ether oxygens (including phenoxy) is 1. The molecule has 7 nitrogen and oxygen atoms in total. The van der Waals surface area contributed by atoms with Crippen molar-refractivity contribution in [1.29, 1.82) is 0 Å². The molecule has 1 aromatic heterocycles. The van der Waals surface area contributed by atoms with Crippen LogP contribution in [0.1, 0.15) is 0 Å². The average Bonchev–Trinajstić information content (AvgIpc) is 2.26. The van der Waals surface area contributed by atoms with E-state index in [0.717, 1.165) is 6.20 Å². The maximum atomic E-state index is 11.8. The Morgan fingerprint density at radius 2 is 1.89 bits per heavy atom. The van der Waals surface area contributed by atoms with Crippen LogP contribution in [0.5, 0.6) is 6.01 Å². The molecule has 0 aromatic carbocycles. The molecule has 11 heteroatoms. The highest BCUT2D eigenvalue weighted by Gasteiger charge is 2.24. The van der Waals surface area contributed by atoms with Gasteiger partial charge in [0, 0.05) is 10.7 Å². The smallest absolute Gasteiger partial charge is 0.317 e. The highest BCUT2D eigenvalue weighted by atomic mass is 35.7. The monoisotopic (exact) mass is 334 g/mol. The summed E-state index contributed by atoms with van der Waals surface area (Å²) in [5.74, 6) is -1.46. The molecular weight excluding hydrogens is 327 g/mol. The largest absolute Gasteiger partial charge is 0.467 e. The number of halogens is 2.